The van der Waals surface area contributed by atoms with Gasteiger partial charge in [0.15, 0.2) is 0 Å². The Morgan fingerprint density at radius 2 is 2.08 bits per heavy atom. The van der Waals surface area contributed by atoms with Gasteiger partial charge in [-0.05, 0) is 43.0 Å². The molecule has 0 atom stereocenters. The van der Waals surface area contributed by atoms with E-state index < -0.39 is 16.0 Å². The molecule has 0 radical (unpaired) electrons. The zero-order valence-electron chi connectivity index (χ0n) is 14.5. The van der Waals surface area contributed by atoms with Crippen molar-refractivity contribution in [3.63, 3.8) is 0 Å². The van der Waals surface area contributed by atoms with Crippen molar-refractivity contribution in [1.29, 1.82) is 0 Å². The summed E-state index contributed by atoms with van der Waals surface area (Å²) >= 11 is 1.05. The first kappa shape index (κ1) is 19.4. The lowest BCUT2D eigenvalue weighted by atomic mass is 10.2. The van der Waals surface area contributed by atoms with Gasteiger partial charge in [-0.15, -0.1) is 11.3 Å². The largest absolute Gasteiger partial charge is 0.465 e. The second-order valence-corrected chi connectivity index (χ2v) is 8.07. The molecule has 2 rings (SSSR count). The van der Waals surface area contributed by atoms with Crippen molar-refractivity contribution >= 4 is 33.0 Å². The molecule has 1 heterocycles. The summed E-state index contributed by atoms with van der Waals surface area (Å²) in [6.07, 6.45) is 0. The van der Waals surface area contributed by atoms with E-state index in [-0.39, 0.29) is 16.3 Å². The maximum Gasteiger partial charge on any atom is 0.349 e. The van der Waals surface area contributed by atoms with E-state index in [0.29, 0.717) is 6.54 Å². The second kappa shape index (κ2) is 8.46. The molecule has 1 aromatic heterocycles. The maximum atomic E-state index is 12.5. The smallest absolute Gasteiger partial charge is 0.349 e. The standard InChI is InChI=1S/C17H22N2O4S2/c1-4-19(14-7-5-6-13(2)12-14)10-9-18-25(21,22)15-8-11-24-16(15)17(20)23-3/h5-8,11-12,18H,4,9-10H2,1-3H3. The van der Waals surface area contributed by atoms with E-state index >= 15 is 0 Å². The summed E-state index contributed by atoms with van der Waals surface area (Å²) in [5.41, 5.74) is 2.20. The number of rotatable bonds is 8. The third-order valence-corrected chi connectivity index (χ3v) is 6.24. The van der Waals surface area contributed by atoms with Crippen molar-refractivity contribution in [3.8, 4) is 0 Å². The first-order valence-corrected chi connectivity index (χ1v) is 10.2. The molecule has 25 heavy (non-hydrogen) atoms. The van der Waals surface area contributed by atoms with Gasteiger partial charge < -0.3 is 9.64 Å². The van der Waals surface area contributed by atoms with Crippen molar-refractivity contribution in [1.82, 2.24) is 4.72 Å². The van der Waals surface area contributed by atoms with Crippen molar-refractivity contribution in [2.75, 3.05) is 31.6 Å². The number of hydrogen-bond acceptors (Lipinski definition) is 6. The summed E-state index contributed by atoms with van der Waals surface area (Å²) in [4.78, 5) is 13.8. The normalized spacial score (nSPS) is 11.3. The van der Waals surface area contributed by atoms with Gasteiger partial charge in [0, 0.05) is 25.3 Å². The number of anilines is 1. The topological polar surface area (TPSA) is 75.7 Å². The van der Waals surface area contributed by atoms with Crippen molar-refractivity contribution < 1.29 is 17.9 Å². The SMILES string of the molecule is CCN(CCNS(=O)(=O)c1ccsc1C(=O)OC)c1cccc(C)c1. The van der Waals surface area contributed by atoms with Crippen LogP contribution >= 0.6 is 11.3 Å². The van der Waals surface area contributed by atoms with Gasteiger partial charge in [0.25, 0.3) is 0 Å². The molecule has 1 N–H and O–H groups in total. The van der Waals surface area contributed by atoms with Crippen LogP contribution in [0.3, 0.4) is 0 Å². The minimum Gasteiger partial charge on any atom is -0.465 e. The lowest BCUT2D eigenvalue weighted by molar-refractivity contribution is 0.0602. The number of carbonyl (C=O) groups excluding carboxylic acids is 1. The van der Waals surface area contributed by atoms with Crippen molar-refractivity contribution in [3.05, 3.63) is 46.2 Å². The Morgan fingerprint density at radius 1 is 1.32 bits per heavy atom. The molecule has 2 aromatic rings. The van der Waals surface area contributed by atoms with Gasteiger partial charge in [-0.1, -0.05) is 12.1 Å². The zero-order valence-corrected chi connectivity index (χ0v) is 16.1. The van der Waals surface area contributed by atoms with Crippen LogP contribution in [0.2, 0.25) is 0 Å². The highest BCUT2D eigenvalue weighted by Crippen LogP contribution is 2.22. The van der Waals surface area contributed by atoms with E-state index in [9.17, 15) is 13.2 Å². The number of ether oxygens (including phenoxy) is 1. The number of aryl methyl sites for hydroxylation is 1. The Bertz CT molecular complexity index is 831. The fourth-order valence-electron chi connectivity index (χ4n) is 2.44. The summed E-state index contributed by atoms with van der Waals surface area (Å²) in [6.45, 7) is 5.56. The molecule has 0 saturated heterocycles. The Hall–Kier alpha value is -1.90. The van der Waals surface area contributed by atoms with E-state index in [1.807, 2.05) is 32.0 Å². The van der Waals surface area contributed by atoms with Crippen LogP contribution in [0.5, 0.6) is 0 Å². The average Bonchev–Trinajstić information content (AvgIpc) is 3.08. The molecule has 136 valence electrons. The number of thiophene rings is 1. The van der Waals surface area contributed by atoms with Gasteiger partial charge in [-0.3, -0.25) is 0 Å². The predicted molar refractivity (Wildman–Crippen MR) is 99.9 cm³/mol. The van der Waals surface area contributed by atoms with Crippen LogP contribution in [0.4, 0.5) is 5.69 Å². The highest BCUT2D eigenvalue weighted by Gasteiger charge is 2.24. The van der Waals surface area contributed by atoms with E-state index in [1.54, 1.807) is 5.38 Å². The summed E-state index contributed by atoms with van der Waals surface area (Å²) in [7, 11) is -2.54. The Morgan fingerprint density at radius 3 is 2.72 bits per heavy atom. The fourth-order valence-corrected chi connectivity index (χ4v) is 4.79. The summed E-state index contributed by atoms with van der Waals surface area (Å²) < 4.78 is 32.1. The number of hydrogen-bond donors (Lipinski definition) is 1. The van der Waals surface area contributed by atoms with Crippen LogP contribution in [-0.4, -0.2) is 41.1 Å². The van der Waals surface area contributed by atoms with Gasteiger partial charge in [0.2, 0.25) is 10.0 Å². The first-order chi connectivity index (χ1) is 11.9. The molecular formula is C17H22N2O4S2. The van der Waals surface area contributed by atoms with Crippen LogP contribution in [0.15, 0.2) is 40.6 Å². The van der Waals surface area contributed by atoms with Gasteiger partial charge in [0.05, 0.1) is 7.11 Å². The number of nitrogens with one attached hydrogen (secondary N) is 1. The number of carbonyl (C=O) groups is 1. The lowest BCUT2D eigenvalue weighted by Crippen LogP contribution is -2.35. The van der Waals surface area contributed by atoms with Crippen molar-refractivity contribution in [2.24, 2.45) is 0 Å². The summed E-state index contributed by atoms with van der Waals surface area (Å²) in [6, 6.07) is 9.47. The van der Waals surface area contributed by atoms with Gasteiger partial charge in [-0.2, -0.15) is 0 Å². The Balaban J connectivity index is 2.05. The highest BCUT2D eigenvalue weighted by molar-refractivity contribution is 7.89. The monoisotopic (exact) mass is 382 g/mol. The molecule has 0 spiro atoms. The quantitative estimate of drug-likeness (QED) is 0.711. The summed E-state index contributed by atoms with van der Waals surface area (Å²) in [5.74, 6) is -0.648. The minimum absolute atomic E-state index is 0.0389. The summed E-state index contributed by atoms with van der Waals surface area (Å²) in [5, 5.41) is 1.56. The number of nitrogens with zero attached hydrogens (tertiary/aromatic N) is 1. The van der Waals surface area contributed by atoms with Crippen molar-refractivity contribution in [2.45, 2.75) is 18.7 Å². The van der Waals surface area contributed by atoms with Gasteiger partial charge >= 0.3 is 5.97 Å². The predicted octanol–water partition coefficient (Wildman–Crippen LogP) is 2.65. The van der Waals surface area contributed by atoms with Crippen LogP contribution < -0.4 is 9.62 Å². The zero-order chi connectivity index (χ0) is 18.4. The van der Waals surface area contributed by atoms with Gasteiger partial charge in [-0.25, -0.2) is 17.9 Å². The Kier molecular flexibility index (Phi) is 6.57. The van der Waals surface area contributed by atoms with Gasteiger partial charge in [0.1, 0.15) is 9.77 Å². The number of sulfonamides is 1. The molecule has 0 unspecified atom stereocenters. The van der Waals surface area contributed by atoms with Crippen LogP contribution in [-0.2, 0) is 14.8 Å². The molecule has 0 aliphatic carbocycles. The molecule has 0 aliphatic heterocycles. The van der Waals surface area contributed by atoms with E-state index in [1.165, 1.54) is 13.2 Å². The third kappa shape index (κ3) is 4.81. The molecule has 0 aliphatic rings. The molecule has 0 saturated carbocycles. The van der Waals surface area contributed by atoms with Crippen LogP contribution in [0, 0.1) is 6.92 Å². The maximum absolute atomic E-state index is 12.5. The third-order valence-electron chi connectivity index (χ3n) is 3.71. The molecule has 0 amide bonds. The minimum atomic E-state index is -3.76. The Labute approximate surface area is 152 Å². The van der Waals surface area contributed by atoms with E-state index in [0.717, 1.165) is 29.1 Å². The molecule has 0 bridgehead atoms. The first-order valence-electron chi connectivity index (χ1n) is 7.86. The number of benzene rings is 1. The molecule has 8 heteroatoms. The highest BCUT2D eigenvalue weighted by atomic mass is 32.2. The molecular weight excluding hydrogens is 360 g/mol. The van der Waals surface area contributed by atoms with E-state index in [2.05, 4.69) is 20.4 Å². The lowest BCUT2D eigenvalue weighted by Gasteiger charge is -2.23. The number of esters is 1. The second-order valence-electron chi connectivity index (χ2n) is 5.42. The van der Waals surface area contributed by atoms with E-state index in [4.69, 9.17) is 0 Å². The van der Waals surface area contributed by atoms with Crippen LogP contribution in [0.1, 0.15) is 22.2 Å². The average molecular weight is 383 g/mol. The molecule has 6 nitrogen and oxygen atoms in total. The van der Waals surface area contributed by atoms with Crippen LogP contribution in [0.25, 0.3) is 0 Å². The number of methoxy groups -OCH3 is 1. The molecule has 0 fully saturated rings. The fraction of sp³-hybridized carbons (Fsp3) is 0.353. The molecule has 1 aromatic carbocycles. The number of likely N-dealkylation sites (N-methyl/N-ethyl adjacent to an activating group) is 1.